The van der Waals surface area contributed by atoms with Gasteiger partial charge in [-0.25, -0.2) is 0 Å². The number of halogens is 3. The third-order valence-electron chi connectivity index (χ3n) is 3.53. The molecule has 3 nitrogen and oxygen atoms in total. The highest BCUT2D eigenvalue weighted by molar-refractivity contribution is 5.36. The summed E-state index contributed by atoms with van der Waals surface area (Å²) in [6.45, 7) is 0. The van der Waals surface area contributed by atoms with Crippen molar-refractivity contribution in [2.24, 2.45) is 11.8 Å². The summed E-state index contributed by atoms with van der Waals surface area (Å²) in [4.78, 5) is 0. The molecule has 0 heterocycles. The summed E-state index contributed by atoms with van der Waals surface area (Å²) >= 11 is 0. The van der Waals surface area contributed by atoms with Crippen molar-refractivity contribution in [1.29, 1.82) is 0 Å². The van der Waals surface area contributed by atoms with Crippen LogP contribution in [0.15, 0.2) is 24.3 Å². The smallest absolute Gasteiger partial charge is 0.405 e. The number of benzene rings is 1. The fourth-order valence-corrected chi connectivity index (χ4v) is 2.73. The van der Waals surface area contributed by atoms with Gasteiger partial charge in [0.2, 0.25) is 0 Å². The van der Waals surface area contributed by atoms with Gasteiger partial charge in [0.25, 0.3) is 0 Å². The van der Waals surface area contributed by atoms with Crippen molar-refractivity contribution in [3.05, 3.63) is 29.8 Å². The van der Waals surface area contributed by atoms with Crippen molar-refractivity contribution in [2.45, 2.75) is 38.1 Å². The standard InChI is InChI=1S/C13H17F3N2O/c14-13(15,16)19-11-8-4-3-7-10(11)12(18-17)9-5-1-2-6-9/h3-4,7-9,12,18H,1-2,5-6,17H2. The molecule has 0 spiro atoms. The van der Waals surface area contributed by atoms with E-state index in [1.165, 1.54) is 12.1 Å². The van der Waals surface area contributed by atoms with Crippen LogP contribution in [-0.4, -0.2) is 6.36 Å². The number of hydrazine groups is 1. The molecule has 0 saturated heterocycles. The monoisotopic (exact) mass is 274 g/mol. The summed E-state index contributed by atoms with van der Waals surface area (Å²) in [7, 11) is 0. The molecule has 106 valence electrons. The summed E-state index contributed by atoms with van der Waals surface area (Å²) in [5, 5.41) is 0. The number of alkyl halides is 3. The number of nitrogens with two attached hydrogens (primary N) is 1. The van der Waals surface area contributed by atoms with Crippen molar-refractivity contribution in [1.82, 2.24) is 5.43 Å². The van der Waals surface area contributed by atoms with Crippen LogP contribution >= 0.6 is 0 Å². The Hall–Kier alpha value is -1.27. The molecule has 1 saturated carbocycles. The Kier molecular flexibility index (Phi) is 4.31. The fourth-order valence-electron chi connectivity index (χ4n) is 2.73. The van der Waals surface area contributed by atoms with Crippen LogP contribution in [0.1, 0.15) is 37.3 Å². The van der Waals surface area contributed by atoms with Crippen molar-refractivity contribution < 1.29 is 17.9 Å². The minimum Gasteiger partial charge on any atom is -0.405 e. The fraction of sp³-hybridized carbons (Fsp3) is 0.538. The molecule has 1 unspecified atom stereocenters. The van der Waals surface area contributed by atoms with Gasteiger partial charge in [-0.15, -0.1) is 13.2 Å². The zero-order valence-electron chi connectivity index (χ0n) is 10.4. The predicted octanol–water partition coefficient (Wildman–Crippen LogP) is 3.28. The van der Waals surface area contributed by atoms with Gasteiger partial charge in [-0.05, 0) is 24.8 Å². The first-order valence-corrected chi connectivity index (χ1v) is 6.32. The largest absolute Gasteiger partial charge is 0.573 e. The van der Waals surface area contributed by atoms with Gasteiger partial charge in [-0.3, -0.25) is 11.3 Å². The van der Waals surface area contributed by atoms with Crippen molar-refractivity contribution in [2.75, 3.05) is 0 Å². The van der Waals surface area contributed by atoms with E-state index in [-0.39, 0.29) is 17.7 Å². The molecule has 0 amide bonds. The third kappa shape index (κ3) is 3.61. The highest BCUT2D eigenvalue weighted by Crippen LogP contribution is 2.39. The Morgan fingerprint density at radius 3 is 2.42 bits per heavy atom. The van der Waals surface area contributed by atoms with Gasteiger partial charge >= 0.3 is 6.36 Å². The van der Waals surface area contributed by atoms with E-state index >= 15 is 0 Å². The van der Waals surface area contributed by atoms with Crippen molar-refractivity contribution >= 4 is 0 Å². The molecule has 0 radical (unpaired) electrons. The van der Waals surface area contributed by atoms with Crippen molar-refractivity contribution in [3.8, 4) is 5.75 Å². The lowest BCUT2D eigenvalue weighted by atomic mass is 9.91. The molecule has 2 rings (SSSR count). The van der Waals surface area contributed by atoms with E-state index in [9.17, 15) is 13.2 Å². The molecule has 3 N–H and O–H groups in total. The minimum atomic E-state index is -4.69. The molecule has 1 aromatic rings. The summed E-state index contributed by atoms with van der Waals surface area (Å²) in [6.07, 6.45) is -0.578. The Bertz CT molecular complexity index is 417. The average Bonchev–Trinajstić information content (AvgIpc) is 2.84. The molecule has 1 fully saturated rings. The number of hydrogen-bond acceptors (Lipinski definition) is 3. The van der Waals surface area contributed by atoms with E-state index in [0.717, 1.165) is 25.7 Å². The van der Waals surface area contributed by atoms with Crippen LogP contribution in [0.3, 0.4) is 0 Å². The normalized spacial score (nSPS) is 18.5. The highest BCUT2D eigenvalue weighted by Gasteiger charge is 2.34. The van der Waals surface area contributed by atoms with Gasteiger partial charge in [0.05, 0.1) is 6.04 Å². The lowest BCUT2D eigenvalue weighted by Crippen LogP contribution is -2.33. The van der Waals surface area contributed by atoms with Gasteiger partial charge in [-0.1, -0.05) is 31.0 Å². The zero-order chi connectivity index (χ0) is 13.9. The first-order chi connectivity index (χ1) is 9.01. The summed E-state index contributed by atoms with van der Waals surface area (Å²) in [5.74, 6) is 5.61. The van der Waals surface area contributed by atoms with E-state index < -0.39 is 6.36 Å². The van der Waals surface area contributed by atoms with Gasteiger partial charge in [0.15, 0.2) is 0 Å². The third-order valence-corrected chi connectivity index (χ3v) is 3.53. The molecule has 1 aliphatic rings. The summed E-state index contributed by atoms with van der Waals surface area (Å²) < 4.78 is 41.3. The molecule has 0 aliphatic heterocycles. The number of hydrogen-bond donors (Lipinski definition) is 2. The second-order valence-electron chi connectivity index (χ2n) is 4.77. The van der Waals surface area contributed by atoms with E-state index in [1.807, 2.05) is 0 Å². The van der Waals surface area contributed by atoms with Crippen LogP contribution in [0.4, 0.5) is 13.2 Å². The second-order valence-corrected chi connectivity index (χ2v) is 4.77. The average molecular weight is 274 g/mol. The first-order valence-electron chi connectivity index (χ1n) is 6.32. The number of nitrogens with one attached hydrogen (secondary N) is 1. The molecular formula is C13H17F3N2O. The van der Waals surface area contributed by atoms with Gasteiger partial charge in [0.1, 0.15) is 5.75 Å². The van der Waals surface area contributed by atoms with Crippen molar-refractivity contribution in [3.63, 3.8) is 0 Å². The van der Waals surface area contributed by atoms with E-state index in [2.05, 4.69) is 10.2 Å². The topological polar surface area (TPSA) is 47.3 Å². The van der Waals surface area contributed by atoms with Gasteiger partial charge in [0, 0.05) is 5.56 Å². The molecule has 0 aromatic heterocycles. The molecular weight excluding hydrogens is 257 g/mol. The molecule has 1 aliphatic carbocycles. The van der Waals surface area contributed by atoms with E-state index in [0.29, 0.717) is 5.56 Å². The SMILES string of the molecule is NNC(c1ccccc1OC(F)(F)F)C1CCCC1. The van der Waals surface area contributed by atoms with Crippen LogP contribution in [-0.2, 0) is 0 Å². The van der Waals surface area contributed by atoms with Crippen LogP contribution in [0.25, 0.3) is 0 Å². The maximum Gasteiger partial charge on any atom is 0.573 e. The maximum absolute atomic E-state index is 12.4. The molecule has 1 atom stereocenters. The first kappa shape index (κ1) is 14.1. The Morgan fingerprint density at radius 2 is 1.84 bits per heavy atom. The van der Waals surface area contributed by atoms with Crippen LogP contribution < -0.4 is 16.0 Å². The summed E-state index contributed by atoms with van der Waals surface area (Å²) in [6, 6.07) is 5.86. The van der Waals surface area contributed by atoms with Gasteiger partial charge in [-0.2, -0.15) is 0 Å². The Labute approximate surface area is 109 Å². The van der Waals surface area contributed by atoms with Gasteiger partial charge < -0.3 is 4.74 Å². The molecule has 19 heavy (non-hydrogen) atoms. The number of ether oxygens (including phenoxy) is 1. The zero-order valence-corrected chi connectivity index (χ0v) is 10.4. The summed E-state index contributed by atoms with van der Waals surface area (Å²) in [5.41, 5.74) is 3.11. The lowest BCUT2D eigenvalue weighted by Gasteiger charge is -2.25. The van der Waals surface area contributed by atoms with E-state index in [4.69, 9.17) is 5.84 Å². The maximum atomic E-state index is 12.4. The second kappa shape index (κ2) is 5.79. The van der Waals surface area contributed by atoms with Crippen LogP contribution in [0.2, 0.25) is 0 Å². The minimum absolute atomic E-state index is 0.176. The highest BCUT2D eigenvalue weighted by atomic mass is 19.4. The molecule has 0 bridgehead atoms. The van der Waals surface area contributed by atoms with Crippen LogP contribution in [0, 0.1) is 5.92 Å². The lowest BCUT2D eigenvalue weighted by molar-refractivity contribution is -0.275. The molecule has 1 aromatic carbocycles. The predicted molar refractivity (Wildman–Crippen MR) is 65.1 cm³/mol. The number of para-hydroxylation sites is 1. The quantitative estimate of drug-likeness (QED) is 0.654. The number of rotatable bonds is 4. The Morgan fingerprint density at radius 1 is 1.21 bits per heavy atom. The van der Waals surface area contributed by atoms with E-state index in [1.54, 1.807) is 12.1 Å². The molecule has 6 heteroatoms. The van der Waals surface area contributed by atoms with Crippen LogP contribution in [0.5, 0.6) is 5.75 Å². The Balaban J connectivity index is 2.26.